The van der Waals surface area contributed by atoms with Crippen LogP contribution in [0.4, 0.5) is 8.78 Å². The van der Waals surface area contributed by atoms with Crippen LogP contribution in [-0.4, -0.2) is 28.6 Å². The summed E-state index contributed by atoms with van der Waals surface area (Å²) in [6.45, 7) is 2.51. The van der Waals surface area contributed by atoms with Crippen LogP contribution in [-0.2, 0) is 0 Å². The third-order valence-corrected chi connectivity index (χ3v) is 5.94. The van der Waals surface area contributed by atoms with Crippen LogP contribution in [0.1, 0.15) is 53.3 Å². The Hall–Kier alpha value is -4.27. The van der Waals surface area contributed by atoms with E-state index in [1.165, 1.54) is 18.2 Å². The maximum absolute atomic E-state index is 14.4. The molecular formula is C27H23F2NO6. The number of phenolic OH excluding ortho intramolecular Hbond substituents is 1. The van der Waals surface area contributed by atoms with Gasteiger partial charge in [-0.3, -0.25) is 9.59 Å². The molecular weight excluding hydrogens is 472 g/mol. The van der Waals surface area contributed by atoms with Gasteiger partial charge in [0, 0.05) is 40.8 Å². The number of aromatic carboxylic acids is 1. The first-order valence-electron chi connectivity index (χ1n) is 11.5. The molecule has 0 unspecified atom stereocenters. The minimum absolute atomic E-state index is 0.00399. The third kappa shape index (κ3) is 4.77. The van der Waals surface area contributed by atoms with Gasteiger partial charge in [0.1, 0.15) is 11.3 Å². The fraction of sp³-hybridized carbons (Fsp3) is 0.222. The summed E-state index contributed by atoms with van der Waals surface area (Å²) in [7, 11) is 0. The highest BCUT2D eigenvalue weighted by molar-refractivity contribution is 6.09. The van der Waals surface area contributed by atoms with E-state index in [1.54, 1.807) is 0 Å². The highest BCUT2D eigenvalue weighted by atomic mass is 19.1. The Morgan fingerprint density at radius 1 is 0.972 bits per heavy atom. The van der Waals surface area contributed by atoms with Crippen LogP contribution in [0.25, 0.3) is 33.4 Å². The van der Waals surface area contributed by atoms with Gasteiger partial charge in [-0.15, -0.1) is 0 Å². The number of unbranched alkanes of at least 4 members (excludes halogenated alkanes) is 3. The molecule has 0 saturated carbocycles. The molecule has 1 aliphatic heterocycles. The number of nitrogens with one attached hydrogen (secondary N) is 1. The van der Waals surface area contributed by atoms with Gasteiger partial charge in [0.15, 0.2) is 17.4 Å². The van der Waals surface area contributed by atoms with Gasteiger partial charge >= 0.3 is 5.97 Å². The van der Waals surface area contributed by atoms with Crippen LogP contribution < -0.4 is 10.7 Å². The lowest BCUT2D eigenvalue weighted by Gasteiger charge is -2.18. The molecule has 1 aliphatic carbocycles. The van der Waals surface area contributed by atoms with Crippen molar-refractivity contribution in [2.45, 2.75) is 32.6 Å². The molecule has 186 valence electrons. The van der Waals surface area contributed by atoms with Crippen molar-refractivity contribution in [1.29, 1.82) is 0 Å². The van der Waals surface area contributed by atoms with Gasteiger partial charge in [-0.05, 0) is 42.3 Å². The van der Waals surface area contributed by atoms with Gasteiger partial charge in [-0.25, -0.2) is 13.6 Å². The van der Waals surface area contributed by atoms with E-state index in [0.29, 0.717) is 6.54 Å². The molecule has 1 amide bonds. The number of halogens is 2. The second kappa shape index (κ2) is 10.2. The molecule has 2 aromatic rings. The lowest BCUT2D eigenvalue weighted by Crippen LogP contribution is -2.24. The zero-order valence-corrected chi connectivity index (χ0v) is 19.4. The largest absolute Gasteiger partial charge is 0.505 e. The SMILES string of the molecule is CCCCCCNC(=O)c1ccc(C(=O)O)c(-c2c3cc(F)c(=O)cc-3oc3cc(O)c(F)cc23)c1. The number of carboxylic acids is 1. The van der Waals surface area contributed by atoms with Crippen LogP contribution in [0.5, 0.6) is 5.75 Å². The van der Waals surface area contributed by atoms with Crippen molar-refractivity contribution >= 4 is 22.8 Å². The molecule has 0 saturated heterocycles. The molecule has 4 rings (SSSR count). The summed E-state index contributed by atoms with van der Waals surface area (Å²) in [4.78, 5) is 36.8. The van der Waals surface area contributed by atoms with E-state index >= 15 is 0 Å². The monoisotopic (exact) mass is 495 g/mol. The lowest BCUT2D eigenvalue weighted by atomic mass is 9.89. The summed E-state index contributed by atoms with van der Waals surface area (Å²) in [6.07, 6.45) is 3.83. The molecule has 2 aliphatic rings. The van der Waals surface area contributed by atoms with Crippen molar-refractivity contribution in [3.8, 4) is 28.2 Å². The number of amides is 1. The number of fused-ring (bicyclic) bond motifs is 2. The number of hydrogen-bond donors (Lipinski definition) is 3. The smallest absolute Gasteiger partial charge is 0.336 e. The second-order valence-corrected chi connectivity index (χ2v) is 8.44. The fourth-order valence-corrected chi connectivity index (χ4v) is 4.13. The maximum Gasteiger partial charge on any atom is 0.336 e. The zero-order valence-electron chi connectivity index (χ0n) is 19.4. The number of rotatable bonds is 8. The van der Waals surface area contributed by atoms with Gasteiger partial charge in [0.05, 0.1) is 5.56 Å². The zero-order chi connectivity index (χ0) is 26.0. The summed E-state index contributed by atoms with van der Waals surface area (Å²) in [5, 5.41) is 22.5. The van der Waals surface area contributed by atoms with Crippen LogP contribution in [0, 0.1) is 11.6 Å². The van der Waals surface area contributed by atoms with Crippen molar-refractivity contribution in [3.05, 3.63) is 75.4 Å². The molecule has 7 nitrogen and oxygen atoms in total. The molecule has 9 heteroatoms. The number of benzene rings is 3. The molecule has 36 heavy (non-hydrogen) atoms. The molecule has 0 atom stereocenters. The third-order valence-electron chi connectivity index (χ3n) is 5.94. The van der Waals surface area contributed by atoms with Crippen LogP contribution >= 0.6 is 0 Å². The highest BCUT2D eigenvalue weighted by Gasteiger charge is 2.25. The van der Waals surface area contributed by atoms with Crippen molar-refractivity contribution in [1.82, 2.24) is 5.32 Å². The van der Waals surface area contributed by atoms with Crippen LogP contribution in [0.15, 0.2) is 51.7 Å². The molecule has 0 bridgehead atoms. The quantitative estimate of drug-likeness (QED) is 0.218. The van der Waals surface area contributed by atoms with Crippen molar-refractivity contribution in [2.24, 2.45) is 0 Å². The van der Waals surface area contributed by atoms with Gasteiger partial charge in [-0.2, -0.15) is 0 Å². The number of carbonyl (C=O) groups is 2. The number of aromatic hydroxyl groups is 1. The average Bonchev–Trinajstić information content (AvgIpc) is 2.84. The van der Waals surface area contributed by atoms with Gasteiger partial charge < -0.3 is 19.9 Å². The topological polar surface area (TPSA) is 117 Å². The van der Waals surface area contributed by atoms with Gasteiger partial charge in [0.2, 0.25) is 5.43 Å². The van der Waals surface area contributed by atoms with E-state index < -0.39 is 34.7 Å². The second-order valence-electron chi connectivity index (χ2n) is 8.44. The number of hydrogen-bond acceptors (Lipinski definition) is 5. The predicted molar refractivity (Wildman–Crippen MR) is 130 cm³/mol. The van der Waals surface area contributed by atoms with E-state index in [9.17, 15) is 33.4 Å². The summed E-state index contributed by atoms with van der Waals surface area (Å²) < 4.78 is 34.3. The Morgan fingerprint density at radius 2 is 1.75 bits per heavy atom. The Bertz CT molecular complexity index is 1510. The van der Waals surface area contributed by atoms with Gasteiger partial charge in [-0.1, -0.05) is 26.2 Å². The van der Waals surface area contributed by atoms with Crippen molar-refractivity contribution in [3.63, 3.8) is 0 Å². The van der Waals surface area contributed by atoms with Crippen molar-refractivity contribution < 1.29 is 33.0 Å². The first kappa shape index (κ1) is 24.8. The Morgan fingerprint density at radius 3 is 2.47 bits per heavy atom. The summed E-state index contributed by atoms with van der Waals surface area (Å²) in [5.41, 5.74) is -1.07. The molecule has 3 N–H and O–H groups in total. The van der Waals surface area contributed by atoms with E-state index in [2.05, 4.69) is 12.2 Å². The number of carboxylic acid groups (broad SMARTS) is 1. The highest BCUT2D eigenvalue weighted by Crippen LogP contribution is 2.43. The standard InChI is InChI=1S/C27H23F2NO6/c1-2-3-4-5-8-30-26(33)14-6-7-15(27(34)35)16(9-14)25-17-10-19(28)21(31)12-23(17)36-24-13-22(32)20(29)11-18(24)25/h6-7,9-13,31H,2-5,8H2,1H3,(H,30,33)(H,34,35). The maximum atomic E-state index is 14.4. The van der Waals surface area contributed by atoms with Crippen LogP contribution in [0.3, 0.4) is 0 Å². The molecule has 0 fully saturated rings. The van der Waals surface area contributed by atoms with Crippen molar-refractivity contribution in [2.75, 3.05) is 6.54 Å². The minimum Gasteiger partial charge on any atom is -0.505 e. The molecule has 0 radical (unpaired) electrons. The molecule has 0 aromatic heterocycles. The molecule has 1 heterocycles. The summed E-state index contributed by atoms with van der Waals surface area (Å²) in [5.74, 6) is -4.73. The fourth-order valence-electron chi connectivity index (χ4n) is 4.13. The molecule has 0 spiro atoms. The van der Waals surface area contributed by atoms with E-state index in [1.807, 2.05) is 0 Å². The van der Waals surface area contributed by atoms with E-state index in [-0.39, 0.29) is 44.5 Å². The predicted octanol–water partition coefficient (Wildman–Crippen LogP) is 5.56. The summed E-state index contributed by atoms with van der Waals surface area (Å²) in [6, 6.07) is 7.60. The van der Waals surface area contributed by atoms with Crippen LogP contribution in [0.2, 0.25) is 0 Å². The first-order valence-corrected chi connectivity index (χ1v) is 11.5. The number of carbonyl (C=O) groups excluding carboxylic acids is 1. The normalized spacial score (nSPS) is 11.2. The number of phenols is 1. The molecule has 2 aromatic carbocycles. The minimum atomic E-state index is -1.33. The van der Waals surface area contributed by atoms with E-state index in [4.69, 9.17) is 4.42 Å². The van der Waals surface area contributed by atoms with Gasteiger partial charge in [0.25, 0.3) is 5.91 Å². The first-order chi connectivity index (χ1) is 17.2. The Balaban J connectivity index is 1.95. The summed E-state index contributed by atoms with van der Waals surface area (Å²) >= 11 is 0. The Kier molecular flexibility index (Phi) is 7.00. The lowest BCUT2D eigenvalue weighted by molar-refractivity contribution is 0.0697. The van der Waals surface area contributed by atoms with E-state index in [0.717, 1.165) is 49.9 Å². The Labute approximate surface area is 204 Å². The average molecular weight is 495 g/mol.